The summed E-state index contributed by atoms with van der Waals surface area (Å²) >= 11 is 6.35. The second kappa shape index (κ2) is 7.80. The van der Waals surface area contributed by atoms with E-state index in [-0.39, 0.29) is 12.3 Å². The summed E-state index contributed by atoms with van der Waals surface area (Å²) in [6.07, 6.45) is 1.77. The Balaban J connectivity index is 1.60. The molecule has 9 nitrogen and oxygen atoms in total. The fourth-order valence-electron chi connectivity index (χ4n) is 2.84. The van der Waals surface area contributed by atoms with Gasteiger partial charge >= 0.3 is 5.69 Å². The van der Waals surface area contributed by atoms with E-state index in [4.69, 9.17) is 21.1 Å². The number of rotatable bonds is 6. The van der Waals surface area contributed by atoms with Gasteiger partial charge in [0.1, 0.15) is 18.0 Å². The van der Waals surface area contributed by atoms with Gasteiger partial charge in [-0.3, -0.25) is 0 Å². The van der Waals surface area contributed by atoms with Gasteiger partial charge < -0.3 is 9.47 Å². The lowest BCUT2D eigenvalue weighted by Crippen LogP contribution is -2.23. The van der Waals surface area contributed by atoms with Crippen LogP contribution in [0.2, 0.25) is 5.02 Å². The Morgan fingerprint density at radius 2 is 1.83 bits per heavy atom. The molecule has 0 radical (unpaired) electrons. The quantitative estimate of drug-likeness (QED) is 0.483. The normalized spacial score (nSPS) is 10.9. The van der Waals surface area contributed by atoms with Crippen molar-refractivity contribution in [2.24, 2.45) is 7.05 Å². The summed E-state index contributed by atoms with van der Waals surface area (Å²) in [5, 5.41) is 12.5. The number of nitrogens with zero attached hydrogens (tertiary/aromatic N) is 6. The second-order valence-corrected chi connectivity index (χ2v) is 6.50. The van der Waals surface area contributed by atoms with Crippen molar-refractivity contribution in [1.82, 2.24) is 29.6 Å². The van der Waals surface area contributed by atoms with Crippen LogP contribution in [0, 0.1) is 0 Å². The monoisotopic (exact) mass is 412 g/mol. The van der Waals surface area contributed by atoms with Gasteiger partial charge in [0.25, 0.3) is 0 Å². The zero-order valence-corrected chi connectivity index (χ0v) is 16.4. The lowest BCUT2D eigenvalue weighted by atomic mass is 10.2. The molecular weight excluding hydrogens is 396 g/mol. The van der Waals surface area contributed by atoms with Gasteiger partial charge in [0.15, 0.2) is 0 Å². The standard InChI is InChI=1S/C19H17ClN6O3/c1-24-19(27)26(23-22-24)15-8-5-6-14(20)13(15)12-29-18-10-11-25(21-18)16-7-3-4-9-17(16)28-2/h3-11H,12H2,1-2H3. The van der Waals surface area contributed by atoms with E-state index in [1.54, 1.807) is 42.3 Å². The first-order valence-electron chi connectivity index (χ1n) is 8.67. The largest absolute Gasteiger partial charge is 0.494 e. The molecule has 148 valence electrons. The van der Waals surface area contributed by atoms with Crippen LogP contribution in [0.3, 0.4) is 0 Å². The maximum Gasteiger partial charge on any atom is 0.368 e. The molecule has 2 heterocycles. The van der Waals surface area contributed by atoms with Crippen molar-refractivity contribution >= 4 is 11.6 Å². The Bertz CT molecular complexity index is 1210. The number of hydrogen-bond donors (Lipinski definition) is 0. The molecule has 0 atom stereocenters. The third-order valence-electron chi connectivity index (χ3n) is 4.30. The van der Waals surface area contributed by atoms with Gasteiger partial charge in [0.05, 0.1) is 12.8 Å². The second-order valence-electron chi connectivity index (χ2n) is 6.09. The van der Waals surface area contributed by atoms with E-state index >= 15 is 0 Å². The third kappa shape index (κ3) is 3.59. The molecule has 0 aliphatic heterocycles. The number of aromatic nitrogens is 6. The minimum Gasteiger partial charge on any atom is -0.494 e. The van der Waals surface area contributed by atoms with Crippen LogP contribution in [0.15, 0.2) is 59.5 Å². The summed E-state index contributed by atoms with van der Waals surface area (Å²) < 4.78 is 15.2. The summed E-state index contributed by atoms with van der Waals surface area (Å²) in [6.45, 7) is 0.0982. The van der Waals surface area contributed by atoms with Crippen LogP contribution < -0.4 is 15.2 Å². The fourth-order valence-corrected chi connectivity index (χ4v) is 3.06. The zero-order chi connectivity index (χ0) is 20.4. The average Bonchev–Trinajstić information content (AvgIpc) is 3.34. The number of para-hydroxylation sites is 2. The zero-order valence-electron chi connectivity index (χ0n) is 15.7. The van der Waals surface area contributed by atoms with Crippen LogP contribution in [0.5, 0.6) is 11.6 Å². The van der Waals surface area contributed by atoms with Crippen LogP contribution in [0.4, 0.5) is 0 Å². The Hall–Kier alpha value is -3.59. The number of methoxy groups -OCH3 is 1. The molecule has 2 aromatic heterocycles. The minimum atomic E-state index is -0.381. The van der Waals surface area contributed by atoms with Crippen molar-refractivity contribution in [3.05, 3.63) is 75.8 Å². The maximum absolute atomic E-state index is 12.2. The molecule has 0 bridgehead atoms. The van der Waals surface area contributed by atoms with Crippen molar-refractivity contribution in [3.8, 4) is 23.0 Å². The molecule has 29 heavy (non-hydrogen) atoms. The van der Waals surface area contributed by atoms with Crippen molar-refractivity contribution in [3.63, 3.8) is 0 Å². The van der Waals surface area contributed by atoms with Gasteiger partial charge in [0, 0.05) is 29.9 Å². The Labute approximate surface area is 170 Å². The van der Waals surface area contributed by atoms with Gasteiger partial charge in [-0.1, -0.05) is 29.8 Å². The molecule has 0 N–H and O–H groups in total. The molecule has 0 saturated heterocycles. The molecule has 0 aliphatic carbocycles. The molecule has 0 spiro atoms. The summed E-state index contributed by atoms with van der Waals surface area (Å²) in [5.41, 5.74) is 1.51. The van der Waals surface area contributed by atoms with E-state index in [1.807, 2.05) is 24.3 Å². The molecule has 0 aliphatic rings. The SMILES string of the molecule is COc1ccccc1-n1ccc(OCc2c(Cl)cccc2-n2nnn(C)c2=O)n1. The van der Waals surface area contributed by atoms with Crippen molar-refractivity contribution < 1.29 is 9.47 Å². The Morgan fingerprint density at radius 3 is 2.59 bits per heavy atom. The number of tetrazole rings is 1. The van der Waals surface area contributed by atoms with E-state index in [9.17, 15) is 4.79 Å². The molecule has 0 amide bonds. The lowest BCUT2D eigenvalue weighted by molar-refractivity contribution is 0.291. The first kappa shape index (κ1) is 18.8. The highest BCUT2D eigenvalue weighted by atomic mass is 35.5. The molecule has 2 aromatic carbocycles. The highest BCUT2D eigenvalue weighted by Gasteiger charge is 2.15. The summed E-state index contributed by atoms with van der Waals surface area (Å²) in [7, 11) is 3.13. The highest BCUT2D eigenvalue weighted by molar-refractivity contribution is 6.31. The summed E-state index contributed by atoms with van der Waals surface area (Å²) in [6, 6.07) is 14.4. The van der Waals surface area contributed by atoms with Gasteiger partial charge in [-0.25, -0.2) is 9.48 Å². The van der Waals surface area contributed by atoms with E-state index in [0.717, 1.165) is 10.4 Å². The first-order valence-corrected chi connectivity index (χ1v) is 9.05. The topological polar surface area (TPSA) is 89.0 Å². The number of halogens is 1. The summed E-state index contributed by atoms with van der Waals surface area (Å²) in [4.78, 5) is 12.2. The Kier molecular flexibility index (Phi) is 5.05. The predicted octanol–water partition coefficient (Wildman–Crippen LogP) is 2.39. The maximum atomic E-state index is 12.2. The smallest absolute Gasteiger partial charge is 0.368 e. The molecular formula is C19H17ClN6O3. The third-order valence-corrected chi connectivity index (χ3v) is 4.66. The van der Waals surface area contributed by atoms with Gasteiger partial charge in [0.2, 0.25) is 5.88 Å². The van der Waals surface area contributed by atoms with E-state index in [0.29, 0.717) is 27.9 Å². The minimum absolute atomic E-state index is 0.0982. The molecule has 4 rings (SSSR count). The van der Waals surface area contributed by atoms with Crippen LogP contribution in [0.25, 0.3) is 11.4 Å². The average molecular weight is 413 g/mol. The van der Waals surface area contributed by atoms with Crippen LogP contribution in [-0.2, 0) is 13.7 Å². The van der Waals surface area contributed by atoms with Crippen molar-refractivity contribution in [2.45, 2.75) is 6.61 Å². The number of aryl methyl sites for hydroxylation is 1. The van der Waals surface area contributed by atoms with E-state index < -0.39 is 0 Å². The highest BCUT2D eigenvalue weighted by Crippen LogP contribution is 2.25. The molecule has 0 unspecified atom stereocenters. The molecule has 0 saturated carbocycles. The Morgan fingerprint density at radius 1 is 1.03 bits per heavy atom. The molecule has 10 heteroatoms. The lowest BCUT2D eigenvalue weighted by Gasteiger charge is -2.11. The van der Waals surface area contributed by atoms with Crippen LogP contribution in [0.1, 0.15) is 5.56 Å². The van der Waals surface area contributed by atoms with Crippen molar-refractivity contribution in [1.29, 1.82) is 0 Å². The fraction of sp³-hybridized carbons (Fsp3) is 0.158. The summed E-state index contributed by atoms with van der Waals surface area (Å²) in [5.74, 6) is 1.09. The number of hydrogen-bond acceptors (Lipinski definition) is 6. The number of benzene rings is 2. The molecule has 4 aromatic rings. The van der Waals surface area contributed by atoms with Crippen LogP contribution in [-0.4, -0.2) is 36.7 Å². The van der Waals surface area contributed by atoms with E-state index in [1.165, 1.54) is 11.7 Å². The number of ether oxygens (including phenoxy) is 2. The van der Waals surface area contributed by atoms with Gasteiger partial charge in [-0.05, 0) is 34.7 Å². The molecule has 0 fully saturated rings. The predicted molar refractivity (Wildman–Crippen MR) is 106 cm³/mol. The van der Waals surface area contributed by atoms with Crippen LogP contribution >= 0.6 is 11.6 Å². The first-order chi connectivity index (χ1) is 14.1. The van der Waals surface area contributed by atoms with Crippen molar-refractivity contribution in [2.75, 3.05) is 7.11 Å². The van der Waals surface area contributed by atoms with E-state index in [2.05, 4.69) is 15.5 Å². The van der Waals surface area contributed by atoms with Gasteiger partial charge in [-0.2, -0.15) is 9.36 Å². The van der Waals surface area contributed by atoms with Gasteiger partial charge in [-0.15, -0.1) is 5.10 Å².